The number of imidazole rings is 1. The first-order valence-corrected chi connectivity index (χ1v) is 6.31. The molecule has 1 saturated heterocycles. The van der Waals surface area contributed by atoms with Crippen LogP contribution in [-0.4, -0.2) is 44.1 Å². The van der Waals surface area contributed by atoms with Gasteiger partial charge in [-0.3, -0.25) is 0 Å². The van der Waals surface area contributed by atoms with Gasteiger partial charge in [-0.15, -0.1) is 0 Å². The molecule has 104 valence electrons. The van der Waals surface area contributed by atoms with Crippen LogP contribution in [0.15, 0.2) is 12.4 Å². The van der Waals surface area contributed by atoms with Gasteiger partial charge in [-0.25, -0.2) is 14.6 Å². The fourth-order valence-electron chi connectivity index (χ4n) is 2.32. The molecule has 1 aromatic rings. The second-order valence-electron chi connectivity index (χ2n) is 4.88. The molecular formula is C12H18N4O3. The van der Waals surface area contributed by atoms with Gasteiger partial charge < -0.3 is 20.3 Å². The van der Waals surface area contributed by atoms with Gasteiger partial charge in [0.2, 0.25) is 0 Å². The second-order valence-corrected chi connectivity index (χ2v) is 4.88. The zero-order valence-electron chi connectivity index (χ0n) is 10.8. The summed E-state index contributed by atoms with van der Waals surface area (Å²) in [5.74, 6) is -0.317. The van der Waals surface area contributed by atoms with Crippen LogP contribution in [0.3, 0.4) is 0 Å². The van der Waals surface area contributed by atoms with Gasteiger partial charge in [0.05, 0.1) is 6.54 Å². The minimum Gasteiger partial charge on any atom is -0.480 e. The van der Waals surface area contributed by atoms with E-state index in [1.54, 1.807) is 19.3 Å². The van der Waals surface area contributed by atoms with E-state index >= 15 is 0 Å². The zero-order valence-corrected chi connectivity index (χ0v) is 10.8. The minimum atomic E-state index is -1.12. The molecule has 1 aliphatic rings. The number of carbonyl (C=O) groups is 2. The zero-order chi connectivity index (χ0) is 13.9. The van der Waals surface area contributed by atoms with E-state index in [0.717, 1.165) is 12.8 Å². The highest BCUT2D eigenvalue weighted by atomic mass is 16.4. The number of aromatic nitrogens is 2. The number of aliphatic carboxylic acids is 1. The van der Waals surface area contributed by atoms with Crippen LogP contribution in [0.25, 0.3) is 0 Å². The van der Waals surface area contributed by atoms with Gasteiger partial charge >= 0.3 is 12.0 Å². The fraction of sp³-hybridized carbons (Fsp3) is 0.583. The van der Waals surface area contributed by atoms with E-state index in [1.165, 1.54) is 4.90 Å². The Labute approximate surface area is 111 Å². The molecule has 2 rings (SSSR count). The van der Waals surface area contributed by atoms with Crippen LogP contribution < -0.4 is 5.32 Å². The molecule has 1 unspecified atom stereocenters. The highest BCUT2D eigenvalue weighted by Crippen LogP contribution is 2.28. The summed E-state index contributed by atoms with van der Waals surface area (Å²) in [4.78, 5) is 31.8. The van der Waals surface area contributed by atoms with E-state index in [2.05, 4.69) is 15.3 Å². The molecule has 1 aromatic heterocycles. The summed E-state index contributed by atoms with van der Waals surface area (Å²) in [7, 11) is 0. The van der Waals surface area contributed by atoms with Crippen LogP contribution in [0.5, 0.6) is 0 Å². The van der Waals surface area contributed by atoms with E-state index in [9.17, 15) is 14.7 Å². The Bertz CT molecular complexity index is 460. The lowest BCUT2D eigenvalue weighted by Gasteiger charge is -2.41. The number of carboxylic acid groups (broad SMARTS) is 1. The van der Waals surface area contributed by atoms with E-state index < -0.39 is 11.5 Å². The summed E-state index contributed by atoms with van der Waals surface area (Å²) >= 11 is 0. The molecule has 0 bridgehead atoms. The molecule has 2 amide bonds. The van der Waals surface area contributed by atoms with E-state index in [1.807, 2.05) is 0 Å². The van der Waals surface area contributed by atoms with Crippen molar-refractivity contribution in [1.82, 2.24) is 20.2 Å². The quantitative estimate of drug-likeness (QED) is 0.758. The predicted molar refractivity (Wildman–Crippen MR) is 67.4 cm³/mol. The molecular weight excluding hydrogens is 248 g/mol. The largest absolute Gasteiger partial charge is 0.480 e. The van der Waals surface area contributed by atoms with Gasteiger partial charge in [-0.05, 0) is 26.2 Å². The first-order valence-electron chi connectivity index (χ1n) is 6.31. The van der Waals surface area contributed by atoms with Crippen molar-refractivity contribution in [3.05, 3.63) is 18.2 Å². The van der Waals surface area contributed by atoms with Gasteiger partial charge in [0.1, 0.15) is 11.4 Å². The number of carboxylic acids is 1. The molecule has 1 aliphatic heterocycles. The number of rotatable bonds is 3. The Morgan fingerprint density at radius 2 is 2.37 bits per heavy atom. The summed E-state index contributed by atoms with van der Waals surface area (Å²) in [6.07, 6.45) is 5.41. The maximum absolute atomic E-state index is 12.1. The number of carbonyl (C=O) groups excluding carboxylic acids is 1. The lowest BCUT2D eigenvalue weighted by atomic mass is 9.89. The molecule has 1 fully saturated rings. The Kier molecular flexibility index (Phi) is 3.73. The summed E-state index contributed by atoms with van der Waals surface area (Å²) in [6, 6.07) is -0.360. The third-order valence-electron chi connectivity index (χ3n) is 3.56. The van der Waals surface area contributed by atoms with Crippen LogP contribution in [0.2, 0.25) is 0 Å². The van der Waals surface area contributed by atoms with Gasteiger partial charge in [0.15, 0.2) is 0 Å². The molecule has 0 aliphatic carbocycles. The van der Waals surface area contributed by atoms with Crippen molar-refractivity contribution in [2.24, 2.45) is 0 Å². The smallest absolute Gasteiger partial charge is 0.329 e. The average molecular weight is 266 g/mol. The second kappa shape index (κ2) is 5.29. The van der Waals surface area contributed by atoms with E-state index in [0.29, 0.717) is 18.8 Å². The number of amides is 2. The average Bonchev–Trinajstić information content (AvgIpc) is 2.89. The van der Waals surface area contributed by atoms with Crippen molar-refractivity contribution >= 4 is 12.0 Å². The number of hydrogen-bond acceptors (Lipinski definition) is 3. The van der Waals surface area contributed by atoms with Crippen LogP contribution in [-0.2, 0) is 11.3 Å². The monoisotopic (exact) mass is 266 g/mol. The van der Waals surface area contributed by atoms with Crippen LogP contribution >= 0.6 is 0 Å². The Balaban J connectivity index is 2.01. The predicted octanol–water partition coefficient (Wildman–Crippen LogP) is 0.948. The van der Waals surface area contributed by atoms with Crippen molar-refractivity contribution in [3.63, 3.8) is 0 Å². The summed E-state index contributed by atoms with van der Waals surface area (Å²) in [6.45, 7) is 2.33. The van der Waals surface area contributed by atoms with Crippen molar-refractivity contribution < 1.29 is 14.7 Å². The third kappa shape index (κ3) is 2.69. The Morgan fingerprint density at radius 3 is 3.00 bits per heavy atom. The molecule has 0 radical (unpaired) electrons. The summed E-state index contributed by atoms with van der Waals surface area (Å²) < 4.78 is 0. The van der Waals surface area contributed by atoms with Crippen molar-refractivity contribution in [2.75, 3.05) is 6.54 Å². The SMILES string of the molecule is CC1(C(=O)O)CCCCN1C(=O)NCc1ncc[nH]1. The molecule has 0 aromatic carbocycles. The molecule has 2 heterocycles. The number of urea groups is 1. The molecule has 1 atom stereocenters. The number of H-pyrrole nitrogens is 1. The first-order chi connectivity index (χ1) is 9.04. The minimum absolute atomic E-state index is 0.262. The maximum Gasteiger partial charge on any atom is 0.329 e. The number of hydrogen-bond donors (Lipinski definition) is 3. The molecule has 7 heteroatoms. The topological polar surface area (TPSA) is 98.3 Å². The van der Waals surface area contributed by atoms with Crippen molar-refractivity contribution in [2.45, 2.75) is 38.3 Å². The van der Waals surface area contributed by atoms with Gasteiger partial charge in [-0.2, -0.15) is 0 Å². The first kappa shape index (κ1) is 13.4. The van der Waals surface area contributed by atoms with Gasteiger partial charge in [-0.1, -0.05) is 0 Å². The normalized spacial score (nSPS) is 23.1. The number of nitrogens with one attached hydrogen (secondary N) is 2. The lowest BCUT2D eigenvalue weighted by Crippen LogP contribution is -2.59. The molecule has 3 N–H and O–H groups in total. The Hall–Kier alpha value is -2.05. The highest BCUT2D eigenvalue weighted by Gasteiger charge is 2.43. The molecule has 0 saturated carbocycles. The van der Waals surface area contributed by atoms with Crippen LogP contribution in [0, 0.1) is 0 Å². The van der Waals surface area contributed by atoms with Crippen LogP contribution in [0.4, 0.5) is 4.79 Å². The summed E-state index contributed by atoms with van der Waals surface area (Å²) in [5, 5.41) is 12.0. The van der Waals surface area contributed by atoms with Crippen molar-refractivity contribution in [3.8, 4) is 0 Å². The fourth-order valence-corrected chi connectivity index (χ4v) is 2.32. The number of piperidine rings is 1. The molecule has 0 spiro atoms. The maximum atomic E-state index is 12.1. The van der Waals surface area contributed by atoms with Crippen LogP contribution in [0.1, 0.15) is 32.0 Å². The number of nitrogens with zero attached hydrogens (tertiary/aromatic N) is 2. The lowest BCUT2D eigenvalue weighted by molar-refractivity contribution is -0.150. The van der Waals surface area contributed by atoms with Crippen molar-refractivity contribution in [1.29, 1.82) is 0 Å². The number of likely N-dealkylation sites (tertiary alicyclic amines) is 1. The highest BCUT2D eigenvalue weighted by molar-refractivity contribution is 5.86. The molecule has 19 heavy (non-hydrogen) atoms. The molecule has 7 nitrogen and oxygen atoms in total. The van der Waals surface area contributed by atoms with Gasteiger partial charge in [0.25, 0.3) is 0 Å². The Morgan fingerprint density at radius 1 is 1.58 bits per heavy atom. The number of aromatic amines is 1. The summed E-state index contributed by atoms with van der Waals surface area (Å²) in [5.41, 5.74) is -1.12. The van der Waals surface area contributed by atoms with E-state index in [-0.39, 0.29) is 12.6 Å². The third-order valence-corrected chi connectivity index (χ3v) is 3.56. The standard InChI is InChI=1S/C12H18N4O3/c1-12(10(17)18)4-2-3-7-16(12)11(19)15-8-9-13-5-6-14-9/h5-6H,2-4,7-8H2,1H3,(H,13,14)(H,15,19)(H,17,18). The van der Waals surface area contributed by atoms with E-state index in [4.69, 9.17) is 0 Å². The van der Waals surface area contributed by atoms with Gasteiger partial charge in [0, 0.05) is 18.9 Å².